The van der Waals surface area contributed by atoms with E-state index in [4.69, 9.17) is 5.41 Å². The van der Waals surface area contributed by atoms with Gasteiger partial charge in [-0.25, -0.2) is 0 Å². The first-order chi connectivity index (χ1) is 4.22. The van der Waals surface area contributed by atoms with E-state index < -0.39 is 0 Å². The minimum absolute atomic E-state index is 1.02. The Kier molecular flexibility index (Phi) is 3.69. The Morgan fingerprint density at radius 2 is 1.78 bits per heavy atom. The highest BCUT2D eigenvalue weighted by atomic mass is 14.3. The van der Waals surface area contributed by atoms with Gasteiger partial charge in [0, 0.05) is 6.21 Å². The zero-order valence-corrected chi connectivity index (χ0v) is 6.23. The molecule has 0 saturated carbocycles. The Labute approximate surface area is 56.6 Å². The highest BCUT2D eigenvalue weighted by Gasteiger charge is 1.84. The summed E-state index contributed by atoms with van der Waals surface area (Å²) in [6.07, 6.45) is 5.35. The molecule has 0 aromatic heterocycles. The summed E-state index contributed by atoms with van der Waals surface area (Å²) in [5.74, 6) is 0. The Hall–Kier alpha value is -0.850. The molecule has 0 aliphatic rings. The molecule has 0 radical (unpaired) electrons. The van der Waals surface area contributed by atoms with Crippen molar-refractivity contribution in [2.75, 3.05) is 0 Å². The summed E-state index contributed by atoms with van der Waals surface area (Å²) < 4.78 is 0. The molecule has 0 amide bonds. The predicted molar refractivity (Wildman–Crippen MR) is 42.0 cm³/mol. The van der Waals surface area contributed by atoms with Crippen molar-refractivity contribution >= 4 is 6.21 Å². The monoisotopic (exact) mass is 123 g/mol. The van der Waals surface area contributed by atoms with Crippen molar-refractivity contribution in [1.82, 2.24) is 0 Å². The fraction of sp³-hybridized carbons (Fsp3) is 0.375. The van der Waals surface area contributed by atoms with Crippen molar-refractivity contribution in [2.45, 2.75) is 20.8 Å². The van der Waals surface area contributed by atoms with Crippen LogP contribution in [-0.2, 0) is 0 Å². The molecule has 50 valence electrons. The van der Waals surface area contributed by atoms with Crippen molar-refractivity contribution in [3.05, 3.63) is 23.3 Å². The molecule has 0 atom stereocenters. The fourth-order valence-electron chi connectivity index (χ4n) is 0.495. The molecule has 0 spiro atoms. The summed E-state index contributed by atoms with van der Waals surface area (Å²) in [5.41, 5.74) is 2.18. The second kappa shape index (κ2) is 4.07. The smallest absolute Gasteiger partial charge is 0.0209 e. The maximum Gasteiger partial charge on any atom is 0.0209 e. The highest BCUT2D eigenvalue weighted by molar-refractivity contribution is 5.76. The van der Waals surface area contributed by atoms with E-state index in [0.717, 1.165) is 11.1 Å². The van der Waals surface area contributed by atoms with Gasteiger partial charge < -0.3 is 5.41 Å². The SMILES string of the molecule is CC=C/C(C)=C(/C)C=N. The Bertz CT molecular complexity index is 152. The summed E-state index contributed by atoms with van der Waals surface area (Å²) in [4.78, 5) is 0. The van der Waals surface area contributed by atoms with Crippen LogP contribution < -0.4 is 0 Å². The maximum atomic E-state index is 6.90. The molecule has 0 aliphatic heterocycles. The number of rotatable bonds is 2. The summed E-state index contributed by atoms with van der Waals surface area (Å²) in [6.45, 7) is 5.91. The first-order valence-electron chi connectivity index (χ1n) is 3.03. The van der Waals surface area contributed by atoms with Crippen LogP contribution >= 0.6 is 0 Å². The minimum atomic E-state index is 1.02. The van der Waals surface area contributed by atoms with Gasteiger partial charge in [-0.2, -0.15) is 0 Å². The van der Waals surface area contributed by atoms with Crippen LogP contribution in [-0.4, -0.2) is 6.21 Å². The molecule has 1 heteroatoms. The Morgan fingerprint density at radius 3 is 2.11 bits per heavy atom. The van der Waals surface area contributed by atoms with Crippen LogP contribution in [0, 0.1) is 5.41 Å². The second-order valence-electron chi connectivity index (χ2n) is 2.01. The van der Waals surface area contributed by atoms with Crippen LogP contribution in [0.25, 0.3) is 0 Å². The van der Waals surface area contributed by atoms with E-state index >= 15 is 0 Å². The lowest BCUT2D eigenvalue weighted by Crippen LogP contribution is -1.79. The quantitative estimate of drug-likeness (QED) is 0.431. The van der Waals surface area contributed by atoms with Crippen LogP contribution in [0.3, 0.4) is 0 Å². The van der Waals surface area contributed by atoms with Gasteiger partial charge in [-0.05, 0) is 31.9 Å². The third-order valence-electron chi connectivity index (χ3n) is 1.26. The summed E-state index contributed by atoms with van der Waals surface area (Å²) in [7, 11) is 0. The van der Waals surface area contributed by atoms with Gasteiger partial charge in [0.2, 0.25) is 0 Å². The van der Waals surface area contributed by atoms with E-state index in [2.05, 4.69) is 0 Å². The predicted octanol–water partition coefficient (Wildman–Crippen LogP) is 2.55. The maximum absolute atomic E-state index is 6.90. The Balaban J connectivity index is 4.27. The molecule has 0 fully saturated rings. The minimum Gasteiger partial charge on any atom is -0.308 e. The molecule has 1 N–H and O–H groups in total. The number of nitrogens with one attached hydrogen (secondary N) is 1. The molecule has 0 aliphatic carbocycles. The lowest BCUT2D eigenvalue weighted by molar-refractivity contribution is 1.39. The van der Waals surface area contributed by atoms with Gasteiger partial charge in [0.15, 0.2) is 0 Å². The van der Waals surface area contributed by atoms with Crippen molar-refractivity contribution in [3.8, 4) is 0 Å². The summed E-state index contributed by atoms with van der Waals surface area (Å²) >= 11 is 0. The molecule has 0 aromatic carbocycles. The van der Waals surface area contributed by atoms with Gasteiger partial charge in [0.1, 0.15) is 0 Å². The molecule has 9 heavy (non-hydrogen) atoms. The fourth-order valence-corrected chi connectivity index (χ4v) is 0.495. The highest BCUT2D eigenvalue weighted by Crippen LogP contribution is 2.00. The van der Waals surface area contributed by atoms with Crippen molar-refractivity contribution in [1.29, 1.82) is 5.41 Å². The van der Waals surface area contributed by atoms with Crippen molar-refractivity contribution < 1.29 is 0 Å². The number of hydrogen-bond acceptors (Lipinski definition) is 1. The van der Waals surface area contributed by atoms with Gasteiger partial charge in [-0.1, -0.05) is 12.2 Å². The zero-order chi connectivity index (χ0) is 7.28. The summed E-state index contributed by atoms with van der Waals surface area (Å²) in [6, 6.07) is 0. The zero-order valence-electron chi connectivity index (χ0n) is 6.23. The third-order valence-corrected chi connectivity index (χ3v) is 1.26. The van der Waals surface area contributed by atoms with Crippen LogP contribution in [0.2, 0.25) is 0 Å². The van der Waals surface area contributed by atoms with Gasteiger partial charge in [-0.3, -0.25) is 0 Å². The van der Waals surface area contributed by atoms with Crippen molar-refractivity contribution in [2.24, 2.45) is 0 Å². The molecule has 0 saturated heterocycles. The van der Waals surface area contributed by atoms with E-state index in [-0.39, 0.29) is 0 Å². The van der Waals surface area contributed by atoms with E-state index in [9.17, 15) is 0 Å². The van der Waals surface area contributed by atoms with E-state index in [1.165, 1.54) is 6.21 Å². The molecular formula is C8H13N. The van der Waals surface area contributed by atoms with Crippen LogP contribution in [0.1, 0.15) is 20.8 Å². The summed E-state index contributed by atoms with van der Waals surface area (Å²) in [5, 5.41) is 6.90. The Morgan fingerprint density at radius 1 is 1.22 bits per heavy atom. The molecule has 0 bridgehead atoms. The molecule has 0 unspecified atom stereocenters. The van der Waals surface area contributed by atoms with E-state index in [1.54, 1.807) is 0 Å². The second-order valence-corrected chi connectivity index (χ2v) is 2.01. The molecular weight excluding hydrogens is 110 g/mol. The van der Waals surface area contributed by atoms with Gasteiger partial charge in [0.05, 0.1) is 0 Å². The number of hydrogen-bond donors (Lipinski definition) is 1. The van der Waals surface area contributed by atoms with Crippen molar-refractivity contribution in [3.63, 3.8) is 0 Å². The van der Waals surface area contributed by atoms with Gasteiger partial charge in [0.25, 0.3) is 0 Å². The first kappa shape index (κ1) is 8.15. The average molecular weight is 123 g/mol. The number of allylic oxidation sites excluding steroid dienone is 4. The largest absolute Gasteiger partial charge is 0.308 e. The van der Waals surface area contributed by atoms with Crippen LogP contribution in [0.5, 0.6) is 0 Å². The lowest BCUT2D eigenvalue weighted by Gasteiger charge is -1.92. The molecule has 0 aromatic rings. The first-order valence-corrected chi connectivity index (χ1v) is 3.03. The standard InChI is InChI=1S/C8H13N/c1-4-5-7(2)8(3)6-9/h4-6,9H,1-3H3/b5-4?,8-7-,9-6?. The topological polar surface area (TPSA) is 23.9 Å². The van der Waals surface area contributed by atoms with Gasteiger partial charge in [-0.15, -0.1) is 0 Å². The van der Waals surface area contributed by atoms with Gasteiger partial charge >= 0.3 is 0 Å². The van der Waals surface area contributed by atoms with Crippen LogP contribution in [0.15, 0.2) is 23.3 Å². The normalized spacial score (nSPS) is 13.7. The lowest BCUT2D eigenvalue weighted by atomic mass is 10.1. The van der Waals surface area contributed by atoms with Crippen LogP contribution in [0.4, 0.5) is 0 Å². The average Bonchev–Trinajstić information content (AvgIpc) is 1.87. The third kappa shape index (κ3) is 2.85. The van der Waals surface area contributed by atoms with E-state index in [0.29, 0.717) is 0 Å². The molecule has 1 nitrogen and oxygen atoms in total. The molecule has 0 heterocycles. The van der Waals surface area contributed by atoms with E-state index in [1.807, 2.05) is 32.9 Å². The molecule has 0 rings (SSSR count).